The largest absolute Gasteiger partial charge is 0.366 e. The maximum atomic E-state index is 14.0. The van der Waals surface area contributed by atoms with Crippen LogP contribution in [-0.4, -0.2) is 57.3 Å². The van der Waals surface area contributed by atoms with Crippen molar-refractivity contribution in [2.75, 3.05) is 36.8 Å². The van der Waals surface area contributed by atoms with E-state index in [1.807, 2.05) is 30.9 Å². The van der Waals surface area contributed by atoms with Crippen molar-refractivity contribution in [2.24, 2.45) is 0 Å². The summed E-state index contributed by atoms with van der Waals surface area (Å²) in [6, 6.07) is 8.54. The first-order valence-electron chi connectivity index (χ1n) is 9.98. The molecule has 3 heterocycles. The molecule has 1 aliphatic rings. The van der Waals surface area contributed by atoms with Crippen molar-refractivity contribution >= 4 is 34.4 Å². The summed E-state index contributed by atoms with van der Waals surface area (Å²) in [5, 5.41) is 0.548. The van der Waals surface area contributed by atoms with Crippen LogP contribution in [0.15, 0.2) is 40.3 Å². The monoisotopic (exact) mass is 429 g/mol. The topological polar surface area (TPSA) is 74.2 Å². The van der Waals surface area contributed by atoms with Crippen LogP contribution in [-0.2, 0) is 11.3 Å². The van der Waals surface area contributed by atoms with Crippen molar-refractivity contribution in [3.63, 3.8) is 0 Å². The number of aromatic nitrogens is 3. The molecule has 0 saturated carbocycles. The van der Waals surface area contributed by atoms with E-state index in [4.69, 9.17) is 0 Å². The molecule has 0 atom stereocenters. The number of aromatic amines is 1. The second kappa shape index (κ2) is 8.51. The molecule has 3 aromatic rings. The van der Waals surface area contributed by atoms with Gasteiger partial charge < -0.3 is 14.8 Å². The molecule has 1 saturated heterocycles. The lowest BCUT2D eigenvalue weighted by Gasteiger charge is -2.36. The Hall–Kier alpha value is -2.81. The number of fused-ring (bicyclic) bond motifs is 1. The highest BCUT2D eigenvalue weighted by atomic mass is 32.2. The van der Waals surface area contributed by atoms with Crippen LogP contribution < -0.4 is 10.5 Å². The van der Waals surface area contributed by atoms with Gasteiger partial charge in [-0.25, -0.2) is 9.37 Å². The number of halogens is 1. The van der Waals surface area contributed by atoms with Gasteiger partial charge in [-0.3, -0.25) is 14.2 Å². The van der Waals surface area contributed by atoms with Crippen molar-refractivity contribution < 1.29 is 9.18 Å². The molecule has 0 unspecified atom stereocenters. The van der Waals surface area contributed by atoms with E-state index in [0.29, 0.717) is 54.6 Å². The average molecular weight is 430 g/mol. The molecule has 0 radical (unpaired) electrons. The van der Waals surface area contributed by atoms with Gasteiger partial charge in [-0.2, -0.15) is 0 Å². The van der Waals surface area contributed by atoms with Gasteiger partial charge in [-0.05, 0) is 32.0 Å². The minimum atomic E-state index is -0.244. The predicted octanol–water partition coefficient (Wildman–Crippen LogP) is 2.63. The molecule has 0 aliphatic carbocycles. The lowest BCUT2D eigenvalue weighted by atomic mass is 10.2. The average Bonchev–Trinajstić information content (AvgIpc) is 3.13. The van der Waals surface area contributed by atoms with Gasteiger partial charge in [-0.1, -0.05) is 23.9 Å². The summed E-state index contributed by atoms with van der Waals surface area (Å²) in [4.78, 5) is 36.8. The Labute approximate surface area is 177 Å². The van der Waals surface area contributed by atoms with E-state index in [1.165, 1.54) is 17.8 Å². The van der Waals surface area contributed by atoms with Gasteiger partial charge in [-0.15, -0.1) is 0 Å². The van der Waals surface area contributed by atoms with Gasteiger partial charge in [0.2, 0.25) is 5.91 Å². The fourth-order valence-corrected chi connectivity index (χ4v) is 4.69. The normalized spacial score (nSPS) is 14.5. The molecular formula is C21H24FN5O2S. The molecule has 1 aromatic carbocycles. The van der Waals surface area contributed by atoms with Crippen molar-refractivity contribution in [2.45, 2.75) is 25.5 Å². The van der Waals surface area contributed by atoms with Gasteiger partial charge >= 0.3 is 0 Å². The second-order valence-electron chi connectivity index (χ2n) is 7.26. The maximum Gasteiger partial charge on any atom is 0.278 e. The third kappa shape index (κ3) is 3.94. The Morgan fingerprint density at radius 3 is 2.67 bits per heavy atom. The van der Waals surface area contributed by atoms with Crippen LogP contribution in [0.25, 0.3) is 11.0 Å². The van der Waals surface area contributed by atoms with Crippen LogP contribution in [0.2, 0.25) is 0 Å². The summed E-state index contributed by atoms with van der Waals surface area (Å²) < 4.78 is 15.6. The number of para-hydroxylation sites is 1. The molecule has 7 nitrogen and oxygen atoms in total. The Bertz CT molecular complexity index is 1130. The van der Waals surface area contributed by atoms with Crippen LogP contribution in [0.5, 0.6) is 0 Å². The van der Waals surface area contributed by atoms with Gasteiger partial charge in [0.25, 0.3) is 5.56 Å². The molecule has 158 valence electrons. The predicted molar refractivity (Wildman–Crippen MR) is 117 cm³/mol. The molecule has 9 heteroatoms. The van der Waals surface area contributed by atoms with Gasteiger partial charge in [0.05, 0.1) is 17.0 Å². The second-order valence-corrected chi connectivity index (χ2v) is 8.21. The van der Waals surface area contributed by atoms with Crippen LogP contribution in [0, 0.1) is 12.7 Å². The van der Waals surface area contributed by atoms with Crippen molar-refractivity contribution in [3.05, 3.63) is 52.2 Å². The molecule has 1 fully saturated rings. The number of thioether (sulfide) groups is 1. The zero-order valence-corrected chi connectivity index (χ0v) is 17.8. The van der Waals surface area contributed by atoms with E-state index in [9.17, 15) is 14.0 Å². The van der Waals surface area contributed by atoms with E-state index >= 15 is 0 Å². The SMILES string of the molecule is CCn1c(SCC(=O)N2CCN(c3ccccc3F)CC2)nc2cc(C)[nH]c2c1=O. The molecule has 0 bridgehead atoms. The van der Waals surface area contributed by atoms with E-state index in [0.717, 1.165) is 5.69 Å². The highest BCUT2D eigenvalue weighted by Gasteiger charge is 2.23. The number of aryl methyl sites for hydroxylation is 1. The summed E-state index contributed by atoms with van der Waals surface area (Å²) in [6.45, 7) is 6.51. The van der Waals surface area contributed by atoms with Gasteiger partial charge in [0.15, 0.2) is 5.16 Å². The smallest absolute Gasteiger partial charge is 0.278 e. The quantitative estimate of drug-likeness (QED) is 0.499. The zero-order chi connectivity index (χ0) is 21.3. The fraction of sp³-hybridized carbons (Fsp3) is 0.381. The van der Waals surface area contributed by atoms with Crippen molar-refractivity contribution in [3.8, 4) is 0 Å². The summed E-state index contributed by atoms with van der Waals surface area (Å²) in [6.07, 6.45) is 0. The third-order valence-electron chi connectivity index (χ3n) is 5.30. The van der Waals surface area contributed by atoms with E-state index in [1.54, 1.807) is 21.6 Å². The summed E-state index contributed by atoms with van der Waals surface area (Å²) >= 11 is 1.28. The van der Waals surface area contributed by atoms with E-state index in [2.05, 4.69) is 9.97 Å². The number of hydrogen-bond donors (Lipinski definition) is 1. The third-order valence-corrected chi connectivity index (χ3v) is 6.27. The van der Waals surface area contributed by atoms with Crippen molar-refractivity contribution in [1.82, 2.24) is 19.4 Å². The molecule has 30 heavy (non-hydrogen) atoms. The molecule has 4 rings (SSSR count). The number of benzene rings is 1. The number of piperazine rings is 1. The number of anilines is 1. The summed E-state index contributed by atoms with van der Waals surface area (Å²) in [5.41, 5.74) is 2.45. The fourth-order valence-electron chi connectivity index (χ4n) is 3.72. The Morgan fingerprint density at radius 2 is 1.97 bits per heavy atom. The maximum absolute atomic E-state index is 14.0. The number of nitrogens with zero attached hydrogens (tertiary/aromatic N) is 4. The number of nitrogens with one attached hydrogen (secondary N) is 1. The molecular weight excluding hydrogens is 405 g/mol. The Balaban J connectivity index is 1.41. The molecule has 1 aliphatic heterocycles. The van der Waals surface area contributed by atoms with Crippen LogP contribution in [0.4, 0.5) is 10.1 Å². The van der Waals surface area contributed by atoms with Crippen LogP contribution >= 0.6 is 11.8 Å². The van der Waals surface area contributed by atoms with Gasteiger partial charge in [0.1, 0.15) is 11.3 Å². The first-order valence-corrected chi connectivity index (χ1v) is 11.0. The van der Waals surface area contributed by atoms with E-state index in [-0.39, 0.29) is 23.0 Å². The number of rotatable bonds is 5. The minimum absolute atomic E-state index is 0.00423. The summed E-state index contributed by atoms with van der Waals surface area (Å²) in [5.74, 6) is -0.0385. The first-order chi connectivity index (χ1) is 14.5. The number of hydrogen-bond acceptors (Lipinski definition) is 5. The highest BCUT2D eigenvalue weighted by molar-refractivity contribution is 7.99. The van der Waals surface area contributed by atoms with Crippen LogP contribution in [0.1, 0.15) is 12.6 Å². The Kier molecular flexibility index (Phi) is 5.80. The van der Waals surface area contributed by atoms with Crippen LogP contribution in [0.3, 0.4) is 0 Å². The number of H-pyrrole nitrogens is 1. The zero-order valence-electron chi connectivity index (χ0n) is 17.0. The Morgan fingerprint density at radius 1 is 1.23 bits per heavy atom. The number of amides is 1. The highest BCUT2D eigenvalue weighted by Crippen LogP contribution is 2.22. The molecule has 2 aromatic heterocycles. The lowest BCUT2D eigenvalue weighted by molar-refractivity contribution is -0.128. The standard InChI is InChI=1S/C21H24FN5O2S/c1-3-27-20(29)19-16(12-14(2)23-19)24-21(27)30-13-18(28)26-10-8-25(9-11-26)17-7-5-4-6-15(17)22/h4-7,12,23H,3,8-11,13H2,1-2H3. The molecule has 0 spiro atoms. The number of carbonyl (C=O) groups is 1. The van der Waals surface area contributed by atoms with Crippen molar-refractivity contribution in [1.29, 1.82) is 0 Å². The first kappa shape index (κ1) is 20.5. The number of carbonyl (C=O) groups excluding carboxylic acids is 1. The summed E-state index contributed by atoms with van der Waals surface area (Å²) in [7, 11) is 0. The lowest BCUT2D eigenvalue weighted by Crippen LogP contribution is -2.49. The molecule has 1 amide bonds. The van der Waals surface area contributed by atoms with E-state index < -0.39 is 0 Å². The minimum Gasteiger partial charge on any atom is -0.366 e. The van der Waals surface area contributed by atoms with Gasteiger partial charge in [0, 0.05) is 38.4 Å². The molecule has 1 N–H and O–H groups in total.